The van der Waals surface area contributed by atoms with E-state index >= 15 is 0 Å². The predicted octanol–water partition coefficient (Wildman–Crippen LogP) is 3.57. The van der Waals surface area contributed by atoms with Crippen molar-refractivity contribution in [3.05, 3.63) is 48.5 Å². The van der Waals surface area contributed by atoms with Crippen molar-refractivity contribution in [3.8, 4) is 11.3 Å². The number of nitrogens with one attached hydrogen (secondary N) is 1. The summed E-state index contributed by atoms with van der Waals surface area (Å²) in [6.45, 7) is 3.11. The van der Waals surface area contributed by atoms with E-state index in [0.29, 0.717) is 0 Å². The van der Waals surface area contributed by atoms with Gasteiger partial charge in [0.05, 0.1) is 5.69 Å². The summed E-state index contributed by atoms with van der Waals surface area (Å²) < 4.78 is 0. The van der Waals surface area contributed by atoms with Gasteiger partial charge in [0.2, 0.25) is 0 Å². The maximum atomic E-state index is 4.57. The van der Waals surface area contributed by atoms with Crippen molar-refractivity contribution in [1.29, 1.82) is 0 Å². The molecular weight excluding hydrogens is 196 g/mol. The van der Waals surface area contributed by atoms with Crippen LogP contribution in [0.1, 0.15) is 13.3 Å². The summed E-state index contributed by atoms with van der Waals surface area (Å²) in [5.41, 5.74) is 2.17. The molecule has 0 unspecified atom stereocenters. The van der Waals surface area contributed by atoms with Gasteiger partial charge >= 0.3 is 0 Å². The molecule has 0 saturated heterocycles. The summed E-state index contributed by atoms with van der Waals surface area (Å²) in [5, 5.41) is 3.29. The SMILES string of the molecule is CCCNc1cccc(-c2ccccc2)n1. The van der Waals surface area contributed by atoms with E-state index in [2.05, 4.69) is 29.4 Å². The normalized spacial score (nSPS) is 10.1. The Labute approximate surface area is 96.4 Å². The van der Waals surface area contributed by atoms with Crippen molar-refractivity contribution in [1.82, 2.24) is 4.98 Å². The zero-order valence-electron chi connectivity index (χ0n) is 9.48. The minimum Gasteiger partial charge on any atom is -0.370 e. The standard InChI is InChI=1S/C14H16N2/c1-2-11-15-14-10-6-9-13(16-14)12-7-4-3-5-8-12/h3-10H,2,11H2,1H3,(H,15,16). The summed E-state index contributed by atoms with van der Waals surface area (Å²) in [6, 6.07) is 16.3. The summed E-state index contributed by atoms with van der Waals surface area (Å²) in [7, 11) is 0. The van der Waals surface area contributed by atoms with Crippen LogP contribution in [0.25, 0.3) is 11.3 Å². The average molecular weight is 212 g/mol. The van der Waals surface area contributed by atoms with E-state index < -0.39 is 0 Å². The van der Waals surface area contributed by atoms with Gasteiger partial charge in [-0.3, -0.25) is 0 Å². The molecule has 0 atom stereocenters. The van der Waals surface area contributed by atoms with Gasteiger partial charge < -0.3 is 5.32 Å². The fourth-order valence-corrected chi connectivity index (χ4v) is 1.56. The molecule has 0 saturated carbocycles. The molecule has 2 aromatic rings. The first-order chi connectivity index (χ1) is 7.90. The lowest BCUT2D eigenvalue weighted by atomic mass is 10.1. The second kappa shape index (κ2) is 5.31. The highest BCUT2D eigenvalue weighted by molar-refractivity contribution is 5.60. The minimum atomic E-state index is 0.947. The second-order valence-electron chi connectivity index (χ2n) is 3.70. The van der Waals surface area contributed by atoms with Crippen LogP contribution in [-0.4, -0.2) is 11.5 Å². The van der Waals surface area contributed by atoms with Gasteiger partial charge in [-0.1, -0.05) is 43.3 Å². The van der Waals surface area contributed by atoms with E-state index in [1.54, 1.807) is 0 Å². The molecule has 82 valence electrons. The molecule has 0 aliphatic heterocycles. The van der Waals surface area contributed by atoms with Gasteiger partial charge in [-0.2, -0.15) is 0 Å². The average Bonchev–Trinajstić information content (AvgIpc) is 2.38. The third-order valence-electron chi connectivity index (χ3n) is 2.37. The molecule has 0 spiro atoms. The number of benzene rings is 1. The number of anilines is 1. The zero-order valence-corrected chi connectivity index (χ0v) is 9.48. The molecule has 2 nitrogen and oxygen atoms in total. The van der Waals surface area contributed by atoms with E-state index in [4.69, 9.17) is 0 Å². The van der Waals surface area contributed by atoms with Crippen molar-refractivity contribution in [2.75, 3.05) is 11.9 Å². The number of hydrogen-bond acceptors (Lipinski definition) is 2. The lowest BCUT2D eigenvalue weighted by Crippen LogP contribution is -2.01. The van der Waals surface area contributed by atoms with Crippen molar-refractivity contribution in [2.45, 2.75) is 13.3 Å². The van der Waals surface area contributed by atoms with Gasteiger partial charge in [0.15, 0.2) is 0 Å². The number of aromatic nitrogens is 1. The molecule has 1 aromatic heterocycles. The van der Waals surface area contributed by atoms with E-state index in [1.165, 1.54) is 0 Å². The van der Waals surface area contributed by atoms with Crippen LogP contribution in [-0.2, 0) is 0 Å². The van der Waals surface area contributed by atoms with E-state index in [0.717, 1.165) is 30.0 Å². The fraction of sp³-hybridized carbons (Fsp3) is 0.214. The quantitative estimate of drug-likeness (QED) is 0.838. The predicted molar refractivity (Wildman–Crippen MR) is 68.5 cm³/mol. The first-order valence-corrected chi connectivity index (χ1v) is 5.66. The number of pyridine rings is 1. The third-order valence-corrected chi connectivity index (χ3v) is 2.37. The van der Waals surface area contributed by atoms with Crippen LogP contribution in [0.5, 0.6) is 0 Å². The molecule has 2 heteroatoms. The Kier molecular flexibility index (Phi) is 3.54. The molecule has 1 aromatic carbocycles. The second-order valence-corrected chi connectivity index (χ2v) is 3.70. The Morgan fingerprint density at radius 1 is 1.00 bits per heavy atom. The Hall–Kier alpha value is -1.83. The van der Waals surface area contributed by atoms with Crippen LogP contribution in [0.2, 0.25) is 0 Å². The fourth-order valence-electron chi connectivity index (χ4n) is 1.56. The maximum absolute atomic E-state index is 4.57. The first-order valence-electron chi connectivity index (χ1n) is 5.66. The van der Waals surface area contributed by atoms with Crippen molar-refractivity contribution < 1.29 is 0 Å². The van der Waals surface area contributed by atoms with Gasteiger partial charge in [0, 0.05) is 12.1 Å². The molecule has 0 radical (unpaired) electrons. The topological polar surface area (TPSA) is 24.9 Å². The van der Waals surface area contributed by atoms with Crippen LogP contribution in [0, 0.1) is 0 Å². The van der Waals surface area contributed by atoms with Crippen molar-refractivity contribution >= 4 is 5.82 Å². The summed E-state index contributed by atoms with van der Waals surface area (Å²) in [4.78, 5) is 4.57. The van der Waals surface area contributed by atoms with Crippen molar-refractivity contribution in [2.24, 2.45) is 0 Å². The van der Waals surface area contributed by atoms with Gasteiger partial charge in [-0.25, -0.2) is 4.98 Å². The number of rotatable bonds is 4. The highest BCUT2D eigenvalue weighted by Gasteiger charge is 1.99. The Morgan fingerprint density at radius 2 is 1.81 bits per heavy atom. The molecule has 1 N–H and O–H groups in total. The third kappa shape index (κ3) is 2.60. The summed E-state index contributed by atoms with van der Waals surface area (Å²) >= 11 is 0. The summed E-state index contributed by atoms with van der Waals surface area (Å²) in [5.74, 6) is 0.947. The van der Waals surface area contributed by atoms with Gasteiger partial charge in [-0.15, -0.1) is 0 Å². The molecule has 1 heterocycles. The molecular formula is C14H16N2. The van der Waals surface area contributed by atoms with E-state index in [1.807, 2.05) is 36.4 Å². The van der Waals surface area contributed by atoms with Crippen LogP contribution in [0.4, 0.5) is 5.82 Å². The highest BCUT2D eigenvalue weighted by Crippen LogP contribution is 2.17. The highest BCUT2D eigenvalue weighted by atomic mass is 15.0. The van der Waals surface area contributed by atoms with Gasteiger partial charge in [-0.05, 0) is 18.6 Å². The van der Waals surface area contributed by atoms with Gasteiger partial charge in [0.25, 0.3) is 0 Å². The molecule has 16 heavy (non-hydrogen) atoms. The zero-order chi connectivity index (χ0) is 11.2. The number of hydrogen-bond donors (Lipinski definition) is 1. The van der Waals surface area contributed by atoms with Crippen LogP contribution in [0.3, 0.4) is 0 Å². The molecule has 0 aliphatic rings. The lowest BCUT2D eigenvalue weighted by molar-refractivity contribution is 0.970. The Balaban J connectivity index is 2.22. The molecule has 0 fully saturated rings. The molecule has 0 amide bonds. The van der Waals surface area contributed by atoms with E-state index in [9.17, 15) is 0 Å². The molecule has 0 bridgehead atoms. The minimum absolute atomic E-state index is 0.947. The Morgan fingerprint density at radius 3 is 2.56 bits per heavy atom. The molecule has 2 rings (SSSR count). The Bertz CT molecular complexity index is 437. The van der Waals surface area contributed by atoms with Gasteiger partial charge in [0.1, 0.15) is 5.82 Å². The van der Waals surface area contributed by atoms with Crippen LogP contribution >= 0.6 is 0 Å². The van der Waals surface area contributed by atoms with E-state index in [-0.39, 0.29) is 0 Å². The number of nitrogens with zero attached hydrogens (tertiary/aromatic N) is 1. The smallest absolute Gasteiger partial charge is 0.126 e. The first kappa shape index (κ1) is 10.7. The monoisotopic (exact) mass is 212 g/mol. The van der Waals surface area contributed by atoms with Crippen molar-refractivity contribution in [3.63, 3.8) is 0 Å². The lowest BCUT2D eigenvalue weighted by Gasteiger charge is -2.06. The summed E-state index contributed by atoms with van der Waals surface area (Å²) in [6.07, 6.45) is 1.11. The van der Waals surface area contributed by atoms with Crippen LogP contribution < -0.4 is 5.32 Å². The van der Waals surface area contributed by atoms with Crippen LogP contribution in [0.15, 0.2) is 48.5 Å². The maximum Gasteiger partial charge on any atom is 0.126 e. The molecule has 0 aliphatic carbocycles. The largest absolute Gasteiger partial charge is 0.370 e.